The number of hydrogen-bond acceptors (Lipinski definition) is 12. The number of aromatic amines is 3. The fourth-order valence-electron chi connectivity index (χ4n) is 12.8. The standard InChI is InChI=1S/C69H58FN9O8P2/c1-84-47-21-13-42(14-22-47)69(41-9-5-3-6-10-41,43-15-23-48(85-2)24-16-43)86-40-77(46-19-17-45(18-20-46)76-75-44-11-7-4-8-12-44)39-65(80)78-33-31-49-52-37-61(73-58(52)27-29-63(49)78)67(82)79-34-32-50-51-35-59(72-57(51)28-30-64(50)79)66(81)60-36-53-54-38-62(68(83)87-89(70)88)74-56(54)26-25-55(53)71-60/h3-30,35,37-38,60,71-74H,31-34,36,39-40,88H2,1-2H3. The number of carbonyl (C=O) groups excluding carboxylic acids is 4. The van der Waals surface area contributed by atoms with Gasteiger partial charge in [0.25, 0.3) is 14.1 Å². The number of rotatable bonds is 18. The van der Waals surface area contributed by atoms with E-state index in [-0.39, 0.29) is 36.6 Å². The summed E-state index contributed by atoms with van der Waals surface area (Å²) in [5, 5.41) is 14.8. The van der Waals surface area contributed by atoms with E-state index in [1.165, 1.54) is 0 Å². The van der Waals surface area contributed by atoms with E-state index in [1.807, 2.05) is 201 Å². The number of Topliss-reactive ketones (excluding diaryl/α,β-unsaturated/α-hetero) is 1. The number of ether oxygens (including phenoxy) is 3. The molecule has 11 aromatic rings. The molecule has 0 saturated carbocycles. The summed E-state index contributed by atoms with van der Waals surface area (Å²) in [4.78, 5) is 71.8. The number of nitrogens with zero attached hydrogens (tertiary/aromatic N) is 5. The second-order valence-corrected chi connectivity index (χ2v) is 24.0. The molecule has 3 aromatic heterocycles. The Kier molecular flexibility index (Phi) is 15.1. The van der Waals surface area contributed by atoms with Crippen LogP contribution in [0.5, 0.6) is 11.5 Å². The topological polar surface area (TPSA) is 199 Å². The Labute approximate surface area is 513 Å². The van der Waals surface area contributed by atoms with Gasteiger partial charge < -0.3 is 53.7 Å². The molecule has 0 saturated heterocycles. The maximum absolute atomic E-state index is 15.1. The van der Waals surface area contributed by atoms with Crippen molar-refractivity contribution in [1.82, 2.24) is 15.0 Å². The average molecular weight is 1220 g/mol. The second-order valence-electron chi connectivity index (χ2n) is 22.1. The number of nitrogens with one attached hydrogen (secondary N) is 4. The highest BCUT2D eigenvalue weighted by atomic mass is 32.0. The van der Waals surface area contributed by atoms with Crippen molar-refractivity contribution >= 4 is 107 Å². The van der Waals surface area contributed by atoms with Crippen molar-refractivity contribution in [3.63, 3.8) is 0 Å². The minimum atomic E-state index is -2.46. The van der Waals surface area contributed by atoms with Gasteiger partial charge in [0.2, 0.25) is 11.7 Å². The molecule has 0 radical (unpaired) electrons. The number of carbonyl (C=O) groups is 4. The van der Waals surface area contributed by atoms with Crippen molar-refractivity contribution in [2.45, 2.75) is 30.9 Å². The lowest BCUT2D eigenvalue weighted by atomic mass is 9.80. The number of benzene rings is 8. The number of hydrogen-bond donors (Lipinski definition) is 4. The van der Waals surface area contributed by atoms with Crippen molar-refractivity contribution < 1.29 is 42.1 Å². The fourth-order valence-corrected chi connectivity index (χ4v) is 13.3. The van der Waals surface area contributed by atoms with Crippen LogP contribution >= 0.6 is 17.1 Å². The minimum Gasteiger partial charge on any atom is -0.497 e. The summed E-state index contributed by atoms with van der Waals surface area (Å²) in [5.74, 6) is 0.129. The molecule has 0 fully saturated rings. The Balaban J connectivity index is 0.721. The first-order chi connectivity index (χ1) is 43.4. The Hall–Kier alpha value is -9.99. The zero-order valence-corrected chi connectivity index (χ0v) is 50.4. The van der Waals surface area contributed by atoms with E-state index >= 15 is 4.79 Å². The smallest absolute Gasteiger partial charge is 0.359 e. The molecule has 20 heteroatoms. The van der Waals surface area contributed by atoms with Gasteiger partial charge in [-0.25, -0.2) is 4.79 Å². The maximum Gasteiger partial charge on any atom is 0.359 e. The molecule has 4 N–H and O–H groups in total. The van der Waals surface area contributed by atoms with Crippen LogP contribution in [0.4, 0.5) is 38.3 Å². The summed E-state index contributed by atoms with van der Waals surface area (Å²) < 4.78 is 36.9. The first kappa shape index (κ1) is 56.8. The summed E-state index contributed by atoms with van der Waals surface area (Å²) in [6.07, 6.45) is 1.53. The number of amides is 2. The van der Waals surface area contributed by atoms with Crippen molar-refractivity contribution in [2.24, 2.45) is 10.2 Å². The highest BCUT2D eigenvalue weighted by Gasteiger charge is 2.40. The van der Waals surface area contributed by atoms with Crippen LogP contribution in [-0.4, -0.2) is 85.1 Å². The van der Waals surface area contributed by atoms with E-state index in [1.54, 1.807) is 25.2 Å². The third kappa shape index (κ3) is 10.6. The maximum atomic E-state index is 15.1. The summed E-state index contributed by atoms with van der Waals surface area (Å²) in [6.45, 7) is 0.789. The van der Waals surface area contributed by atoms with Crippen LogP contribution < -0.4 is 29.5 Å². The zero-order valence-electron chi connectivity index (χ0n) is 48.3. The fraction of sp³-hybridized carbons (Fsp3) is 0.159. The number of azo groups is 1. The van der Waals surface area contributed by atoms with Gasteiger partial charge in [-0.2, -0.15) is 14.4 Å². The van der Waals surface area contributed by atoms with Crippen LogP contribution in [0.1, 0.15) is 64.8 Å². The lowest BCUT2D eigenvalue weighted by molar-refractivity contribution is -0.117. The van der Waals surface area contributed by atoms with Crippen LogP contribution in [0, 0.1) is 0 Å². The molecule has 17 nitrogen and oxygen atoms in total. The third-order valence-corrected chi connectivity index (χ3v) is 17.8. The lowest BCUT2D eigenvalue weighted by Crippen LogP contribution is -2.43. The van der Waals surface area contributed by atoms with Gasteiger partial charge in [0.15, 0.2) is 0 Å². The van der Waals surface area contributed by atoms with Crippen molar-refractivity contribution in [3.8, 4) is 11.5 Å². The number of aromatic nitrogens is 3. The molecule has 444 valence electrons. The molecule has 89 heavy (non-hydrogen) atoms. The molecule has 2 amide bonds. The predicted octanol–water partition coefficient (Wildman–Crippen LogP) is 14.6. The number of ketones is 1. The van der Waals surface area contributed by atoms with Crippen LogP contribution in [-0.2, 0) is 38.9 Å². The number of anilines is 4. The quantitative estimate of drug-likeness (QED) is 0.0211. The van der Waals surface area contributed by atoms with Crippen LogP contribution in [0.15, 0.2) is 198 Å². The van der Waals surface area contributed by atoms with Gasteiger partial charge in [-0.05, 0) is 170 Å². The number of methoxy groups -OCH3 is 2. The highest BCUT2D eigenvalue weighted by Crippen LogP contribution is 2.48. The van der Waals surface area contributed by atoms with Gasteiger partial charge in [-0.1, -0.05) is 72.8 Å². The molecule has 6 heterocycles. The number of halogens is 1. The van der Waals surface area contributed by atoms with Crippen LogP contribution in [0.2, 0.25) is 0 Å². The van der Waals surface area contributed by atoms with Gasteiger partial charge in [0.1, 0.15) is 35.2 Å². The predicted molar refractivity (Wildman–Crippen MR) is 348 cm³/mol. The van der Waals surface area contributed by atoms with Crippen molar-refractivity contribution in [1.29, 1.82) is 0 Å². The average Bonchev–Trinajstić information content (AvgIpc) is 1.83. The van der Waals surface area contributed by atoms with Crippen LogP contribution in [0.3, 0.4) is 0 Å². The monoisotopic (exact) mass is 1220 g/mol. The first-order valence-corrected chi connectivity index (χ1v) is 31.8. The Morgan fingerprint density at radius 3 is 1.74 bits per heavy atom. The summed E-state index contributed by atoms with van der Waals surface area (Å²) in [5.41, 5.74) is 11.8. The minimum absolute atomic E-state index is 0.0274. The first-order valence-electron chi connectivity index (χ1n) is 29.0. The van der Waals surface area contributed by atoms with Gasteiger partial charge in [-0.3, -0.25) is 14.4 Å². The zero-order chi connectivity index (χ0) is 60.9. The lowest BCUT2D eigenvalue weighted by Gasteiger charge is -2.38. The highest BCUT2D eigenvalue weighted by molar-refractivity contribution is 8.08. The third-order valence-electron chi connectivity index (χ3n) is 17.1. The SMILES string of the molecule is COc1ccc(C(OCN(CC(=O)N2CCc3c2ccc2[nH]c(C(=O)N4CCc5c4ccc4[nH]c(C(=O)C6Cc7c(ccc8[nH]c(C(=O)OP(F)P)cc78)N6)cc54)cc32)c2ccc(N=Nc3ccccc3)cc2)(c2ccccc2)c2ccc(OC)cc2)cc1. The van der Waals surface area contributed by atoms with Gasteiger partial charge in [-0.15, -0.1) is 0 Å². The van der Waals surface area contributed by atoms with Crippen LogP contribution in [0.25, 0.3) is 32.7 Å². The Morgan fingerprint density at radius 1 is 0.607 bits per heavy atom. The Bertz CT molecular complexity index is 4530. The molecule has 3 atom stereocenters. The summed E-state index contributed by atoms with van der Waals surface area (Å²) in [6, 6.07) is 59.0. The largest absolute Gasteiger partial charge is 0.497 e. The van der Waals surface area contributed by atoms with E-state index in [2.05, 4.69) is 30.5 Å². The molecule has 0 spiro atoms. The molecule has 0 aliphatic carbocycles. The second kappa shape index (κ2) is 23.6. The van der Waals surface area contributed by atoms with E-state index in [0.29, 0.717) is 66.4 Å². The molecular formula is C69H58FN9O8P2. The van der Waals surface area contributed by atoms with Gasteiger partial charge >= 0.3 is 5.97 Å². The van der Waals surface area contributed by atoms with E-state index in [0.717, 1.165) is 89.0 Å². The van der Waals surface area contributed by atoms with E-state index in [9.17, 15) is 18.6 Å². The molecule has 8 aromatic carbocycles. The normalized spacial score (nSPS) is 14.7. The molecular weight excluding hydrogens is 1160 g/mol. The molecule has 3 aliphatic rings. The molecule has 3 unspecified atom stereocenters. The van der Waals surface area contributed by atoms with E-state index < -0.39 is 25.8 Å². The number of fused-ring (bicyclic) bond motifs is 9. The van der Waals surface area contributed by atoms with Crippen molar-refractivity contribution in [3.05, 3.63) is 239 Å². The summed E-state index contributed by atoms with van der Waals surface area (Å²) >= 11 is 0. The van der Waals surface area contributed by atoms with Crippen molar-refractivity contribution in [2.75, 3.05) is 60.6 Å². The molecule has 3 aliphatic heterocycles. The van der Waals surface area contributed by atoms with Gasteiger partial charge in [0, 0.05) is 75.0 Å². The van der Waals surface area contributed by atoms with Gasteiger partial charge in [0.05, 0.1) is 43.9 Å². The summed E-state index contributed by atoms with van der Waals surface area (Å²) in [7, 11) is 2.67. The molecule has 0 bridgehead atoms. The van der Waals surface area contributed by atoms with E-state index in [4.69, 9.17) is 18.7 Å². The number of H-pyrrole nitrogens is 3. The molecule has 14 rings (SSSR count). The Morgan fingerprint density at radius 2 is 1.12 bits per heavy atom.